The second-order valence-corrected chi connectivity index (χ2v) is 7.51. The number of benzene rings is 1. The van der Waals surface area contributed by atoms with E-state index in [9.17, 15) is 9.90 Å². The lowest BCUT2D eigenvalue weighted by Gasteiger charge is -2.37. The van der Waals surface area contributed by atoms with Crippen molar-refractivity contribution in [1.82, 2.24) is 19.6 Å². The first-order chi connectivity index (χ1) is 13.2. The molecule has 1 atom stereocenters. The first-order valence-electron chi connectivity index (χ1n) is 9.01. The second-order valence-electron chi connectivity index (χ2n) is 6.73. The number of aliphatic carboxylic acids is 1. The molecule has 0 saturated carbocycles. The van der Waals surface area contributed by atoms with Crippen molar-refractivity contribution in [3.8, 4) is 5.69 Å². The Morgan fingerprint density at radius 2 is 1.93 bits per heavy atom. The number of nitrogens with zero attached hydrogens (tertiary/aromatic N) is 4. The molecule has 3 heterocycles. The van der Waals surface area contributed by atoms with Gasteiger partial charge in [0.1, 0.15) is 6.04 Å². The van der Waals surface area contributed by atoms with E-state index in [1.54, 1.807) is 22.2 Å². The van der Waals surface area contributed by atoms with Crippen LogP contribution in [0.25, 0.3) is 5.69 Å². The van der Waals surface area contributed by atoms with Gasteiger partial charge in [0.15, 0.2) is 0 Å². The molecule has 0 amide bonds. The van der Waals surface area contributed by atoms with Gasteiger partial charge in [-0.1, -0.05) is 12.1 Å². The van der Waals surface area contributed by atoms with Gasteiger partial charge >= 0.3 is 5.97 Å². The molecule has 3 aromatic rings. The first-order valence-corrected chi connectivity index (χ1v) is 9.95. The minimum Gasteiger partial charge on any atom is -0.480 e. The molecule has 4 rings (SSSR count). The van der Waals surface area contributed by atoms with E-state index in [2.05, 4.69) is 31.7 Å². The highest BCUT2D eigenvalue weighted by molar-refractivity contribution is 7.07. The fourth-order valence-corrected chi connectivity index (χ4v) is 4.22. The Labute approximate surface area is 162 Å². The van der Waals surface area contributed by atoms with E-state index in [4.69, 9.17) is 0 Å². The van der Waals surface area contributed by atoms with Crippen molar-refractivity contribution in [2.45, 2.75) is 12.6 Å². The Morgan fingerprint density at radius 3 is 2.52 bits per heavy atom. The molecule has 0 radical (unpaired) electrons. The lowest BCUT2D eigenvalue weighted by Crippen LogP contribution is -2.48. The summed E-state index contributed by atoms with van der Waals surface area (Å²) in [5, 5.41) is 18.3. The average Bonchev–Trinajstić information content (AvgIpc) is 3.38. The van der Waals surface area contributed by atoms with Gasteiger partial charge < -0.3 is 5.11 Å². The Balaban J connectivity index is 1.43. The zero-order valence-corrected chi connectivity index (χ0v) is 15.8. The van der Waals surface area contributed by atoms with Gasteiger partial charge in [-0.3, -0.25) is 14.6 Å². The fourth-order valence-electron chi connectivity index (χ4n) is 3.56. The smallest absolute Gasteiger partial charge is 0.325 e. The maximum atomic E-state index is 12.0. The topological polar surface area (TPSA) is 61.6 Å². The van der Waals surface area contributed by atoms with Crippen LogP contribution < -0.4 is 0 Å². The molecule has 0 aliphatic carbocycles. The summed E-state index contributed by atoms with van der Waals surface area (Å²) >= 11 is 1.71. The van der Waals surface area contributed by atoms with Crippen LogP contribution in [0.3, 0.4) is 0 Å². The van der Waals surface area contributed by atoms with Crippen molar-refractivity contribution in [3.63, 3.8) is 0 Å². The maximum Gasteiger partial charge on any atom is 0.325 e. The van der Waals surface area contributed by atoms with Gasteiger partial charge in [-0.2, -0.15) is 16.4 Å². The van der Waals surface area contributed by atoms with Gasteiger partial charge in [-0.25, -0.2) is 4.68 Å². The van der Waals surface area contributed by atoms with Crippen LogP contribution in [0.15, 0.2) is 59.6 Å². The molecule has 1 aliphatic heterocycles. The molecule has 0 spiro atoms. The molecule has 1 saturated heterocycles. The molecule has 0 unspecified atom stereocenters. The quantitative estimate of drug-likeness (QED) is 0.710. The summed E-state index contributed by atoms with van der Waals surface area (Å²) in [6.07, 6.45) is 3.60. The van der Waals surface area contributed by atoms with Crippen LogP contribution in [0.2, 0.25) is 0 Å². The van der Waals surface area contributed by atoms with E-state index in [-0.39, 0.29) is 0 Å². The van der Waals surface area contributed by atoms with Gasteiger partial charge in [0.2, 0.25) is 0 Å². The van der Waals surface area contributed by atoms with Crippen LogP contribution in [0.4, 0.5) is 0 Å². The van der Waals surface area contributed by atoms with Crippen LogP contribution in [0.1, 0.15) is 17.2 Å². The molecule has 1 aromatic carbocycles. The van der Waals surface area contributed by atoms with Crippen LogP contribution in [0, 0.1) is 0 Å². The lowest BCUT2D eigenvalue weighted by molar-refractivity contribution is -0.144. The van der Waals surface area contributed by atoms with Crippen molar-refractivity contribution in [2.24, 2.45) is 0 Å². The molecule has 2 aromatic heterocycles. The third kappa shape index (κ3) is 4.10. The van der Waals surface area contributed by atoms with E-state index in [1.807, 2.05) is 36.5 Å². The van der Waals surface area contributed by atoms with Gasteiger partial charge in [0, 0.05) is 45.1 Å². The van der Waals surface area contributed by atoms with Crippen molar-refractivity contribution in [1.29, 1.82) is 0 Å². The number of thiophene rings is 1. The Bertz CT molecular complexity index is 854. The number of rotatable bonds is 6. The fraction of sp³-hybridized carbons (Fsp3) is 0.300. The molecule has 7 heteroatoms. The largest absolute Gasteiger partial charge is 0.480 e. The molecule has 140 valence electrons. The van der Waals surface area contributed by atoms with Crippen LogP contribution in [0.5, 0.6) is 0 Å². The summed E-state index contributed by atoms with van der Waals surface area (Å²) in [5.74, 6) is -0.798. The van der Waals surface area contributed by atoms with Gasteiger partial charge in [0.05, 0.1) is 5.69 Å². The van der Waals surface area contributed by atoms with E-state index < -0.39 is 12.0 Å². The first kappa shape index (κ1) is 17.9. The maximum absolute atomic E-state index is 12.0. The molecular weight excluding hydrogens is 360 g/mol. The highest BCUT2D eigenvalue weighted by atomic mass is 32.1. The number of piperazine rings is 1. The molecular formula is C20H22N4O2S. The summed E-state index contributed by atoms with van der Waals surface area (Å²) in [6.45, 7) is 4.20. The SMILES string of the molecule is O=C(O)[C@H](c1ccc(-n2cccn2)cc1)N1CCN(Cc2ccsc2)CC1. The van der Waals surface area contributed by atoms with Crippen LogP contribution in [-0.4, -0.2) is 56.8 Å². The number of carboxylic acids is 1. The normalized spacial score (nSPS) is 17.0. The van der Waals surface area contributed by atoms with E-state index >= 15 is 0 Å². The summed E-state index contributed by atoms with van der Waals surface area (Å²) in [6, 6.07) is 11.0. The van der Waals surface area contributed by atoms with Gasteiger partial charge in [0.25, 0.3) is 0 Å². The number of hydrogen-bond acceptors (Lipinski definition) is 5. The molecule has 0 bridgehead atoms. The summed E-state index contributed by atoms with van der Waals surface area (Å²) in [7, 11) is 0. The number of aromatic nitrogens is 2. The minimum atomic E-state index is -0.798. The third-order valence-electron chi connectivity index (χ3n) is 4.97. The lowest BCUT2D eigenvalue weighted by atomic mass is 10.0. The van der Waals surface area contributed by atoms with Crippen molar-refractivity contribution < 1.29 is 9.90 Å². The molecule has 27 heavy (non-hydrogen) atoms. The number of carboxylic acid groups (broad SMARTS) is 1. The van der Waals surface area contributed by atoms with Crippen molar-refractivity contribution in [3.05, 3.63) is 70.7 Å². The molecule has 6 nitrogen and oxygen atoms in total. The molecule has 1 fully saturated rings. The van der Waals surface area contributed by atoms with Gasteiger partial charge in [-0.05, 0) is 46.2 Å². The van der Waals surface area contributed by atoms with Crippen LogP contribution >= 0.6 is 11.3 Å². The standard InChI is InChI=1S/C20H22N4O2S/c25-20(26)19(17-2-4-18(5-3-17)24-8-1-7-21-24)23-11-9-22(10-12-23)14-16-6-13-27-15-16/h1-8,13,15,19H,9-12,14H2,(H,25,26)/t19-/m0/s1. The van der Waals surface area contributed by atoms with E-state index in [0.717, 1.165) is 44.0 Å². The molecule has 1 N–H and O–H groups in total. The summed E-state index contributed by atoms with van der Waals surface area (Å²) in [5.41, 5.74) is 3.07. The Hall–Kier alpha value is -2.48. The summed E-state index contributed by atoms with van der Waals surface area (Å²) in [4.78, 5) is 16.4. The zero-order chi connectivity index (χ0) is 18.6. The van der Waals surface area contributed by atoms with Gasteiger partial charge in [-0.15, -0.1) is 0 Å². The van der Waals surface area contributed by atoms with E-state index in [0.29, 0.717) is 0 Å². The minimum absolute atomic E-state index is 0.611. The van der Waals surface area contributed by atoms with E-state index in [1.165, 1.54) is 5.56 Å². The zero-order valence-electron chi connectivity index (χ0n) is 14.9. The monoisotopic (exact) mass is 382 g/mol. The predicted octanol–water partition coefficient (Wildman–Crippen LogP) is 2.88. The Morgan fingerprint density at radius 1 is 1.15 bits per heavy atom. The highest BCUT2D eigenvalue weighted by Crippen LogP contribution is 2.24. The predicted molar refractivity (Wildman–Crippen MR) is 105 cm³/mol. The van der Waals surface area contributed by atoms with Crippen LogP contribution in [-0.2, 0) is 11.3 Å². The highest BCUT2D eigenvalue weighted by Gasteiger charge is 2.30. The second kappa shape index (κ2) is 8.04. The molecule has 1 aliphatic rings. The third-order valence-corrected chi connectivity index (χ3v) is 5.70. The Kier molecular flexibility index (Phi) is 5.33. The van der Waals surface area contributed by atoms with Crippen molar-refractivity contribution in [2.75, 3.05) is 26.2 Å². The number of carbonyl (C=O) groups is 1. The average molecular weight is 382 g/mol. The number of hydrogen-bond donors (Lipinski definition) is 1. The summed E-state index contributed by atoms with van der Waals surface area (Å²) < 4.78 is 1.77. The van der Waals surface area contributed by atoms with Crippen molar-refractivity contribution >= 4 is 17.3 Å².